The van der Waals surface area contributed by atoms with Gasteiger partial charge in [0.25, 0.3) is 5.69 Å². The Bertz CT molecular complexity index is 851. The zero-order chi connectivity index (χ0) is 15.5. The van der Waals surface area contributed by atoms with Crippen molar-refractivity contribution in [3.05, 3.63) is 68.7 Å². The van der Waals surface area contributed by atoms with Gasteiger partial charge in [-0.2, -0.15) is 0 Å². The van der Waals surface area contributed by atoms with E-state index in [1.807, 2.05) is 12.2 Å². The average molecular weight is 310 g/mol. The molecule has 0 bridgehead atoms. The standard InChI is InChI=1S/C17H14N2O2S/c1-2-12-3-5-13(6-4-12)7-10-17-18-15-9-8-14(19(20)21)11-16(15)22-17/h3-11H,2H2,1H3/b10-7+. The summed E-state index contributed by atoms with van der Waals surface area (Å²) in [5, 5.41) is 11.6. The largest absolute Gasteiger partial charge is 0.270 e. The van der Waals surface area contributed by atoms with Crippen LogP contribution < -0.4 is 0 Å². The molecule has 0 aliphatic rings. The van der Waals surface area contributed by atoms with Crippen LogP contribution in [0.5, 0.6) is 0 Å². The Balaban J connectivity index is 1.86. The molecule has 0 unspecified atom stereocenters. The van der Waals surface area contributed by atoms with Gasteiger partial charge in [0.1, 0.15) is 5.01 Å². The van der Waals surface area contributed by atoms with E-state index < -0.39 is 0 Å². The minimum absolute atomic E-state index is 0.0989. The van der Waals surface area contributed by atoms with E-state index in [-0.39, 0.29) is 10.6 Å². The second-order valence-electron chi connectivity index (χ2n) is 4.89. The van der Waals surface area contributed by atoms with Crippen LogP contribution in [0, 0.1) is 10.1 Å². The number of non-ortho nitro benzene ring substituents is 1. The Labute approximate surface area is 131 Å². The van der Waals surface area contributed by atoms with Crippen LogP contribution in [0.4, 0.5) is 5.69 Å². The molecule has 1 heterocycles. The number of aryl methyl sites for hydroxylation is 1. The third kappa shape index (κ3) is 3.04. The summed E-state index contributed by atoms with van der Waals surface area (Å²) in [6, 6.07) is 13.1. The lowest BCUT2D eigenvalue weighted by atomic mass is 10.1. The zero-order valence-corrected chi connectivity index (χ0v) is 12.8. The summed E-state index contributed by atoms with van der Waals surface area (Å²) in [5.74, 6) is 0. The summed E-state index contributed by atoms with van der Waals surface area (Å²) in [6.07, 6.45) is 4.98. The monoisotopic (exact) mass is 310 g/mol. The van der Waals surface area contributed by atoms with Crippen LogP contribution >= 0.6 is 11.3 Å². The van der Waals surface area contributed by atoms with Gasteiger partial charge in [0.15, 0.2) is 0 Å². The van der Waals surface area contributed by atoms with Crippen LogP contribution in [0.3, 0.4) is 0 Å². The Kier molecular flexibility index (Phi) is 3.98. The van der Waals surface area contributed by atoms with Crippen molar-refractivity contribution in [2.24, 2.45) is 0 Å². The highest BCUT2D eigenvalue weighted by Gasteiger charge is 2.09. The lowest BCUT2D eigenvalue weighted by molar-refractivity contribution is -0.384. The highest BCUT2D eigenvalue weighted by molar-refractivity contribution is 7.19. The van der Waals surface area contributed by atoms with E-state index in [9.17, 15) is 10.1 Å². The Morgan fingerprint density at radius 1 is 1.18 bits per heavy atom. The van der Waals surface area contributed by atoms with Crippen LogP contribution in [0.2, 0.25) is 0 Å². The highest BCUT2D eigenvalue weighted by Crippen LogP contribution is 2.27. The number of fused-ring (bicyclic) bond motifs is 1. The number of benzene rings is 2. The maximum atomic E-state index is 10.8. The molecule has 1 aromatic heterocycles. The molecular weight excluding hydrogens is 296 g/mol. The molecule has 0 spiro atoms. The number of hydrogen-bond acceptors (Lipinski definition) is 4. The van der Waals surface area contributed by atoms with Crippen LogP contribution in [0.15, 0.2) is 42.5 Å². The minimum Gasteiger partial charge on any atom is -0.258 e. The second-order valence-corrected chi connectivity index (χ2v) is 5.95. The molecule has 0 radical (unpaired) electrons. The van der Waals surface area contributed by atoms with Crippen LogP contribution in [-0.2, 0) is 6.42 Å². The fourth-order valence-electron chi connectivity index (χ4n) is 2.15. The van der Waals surface area contributed by atoms with Gasteiger partial charge in [-0.3, -0.25) is 10.1 Å². The van der Waals surface area contributed by atoms with Gasteiger partial charge >= 0.3 is 0 Å². The summed E-state index contributed by atoms with van der Waals surface area (Å²) < 4.78 is 0.829. The van der Waals surface area contributed by atoms with E-state index in [0.717, 1.165) is 27.2 Å². The van der Waals surface area contributed by atoms with Crippen molar-refractivity contribution in [3.8, 4) is 0 Å². The predicted octanol–water partition coefficient (Wildman–Crippen LogP) is 4.94. The molecular formula is C17H14N2O2S. The summed E-state index contributed by atoms with van der Waals surface area (Å²) in [7, 11) is 0. The van der Waals surface area contributed by atoms with Gasteiger partial charge in [-0.25, -0.2) is 4.98 Å². The third-order valence-electron chi connectivity index (χ3n) is 3.41. The molecule has 0 saturated heterocycles. The maximum Gasteiger partial charge on any atom is 0.270 e. The van der Waals surface area contributed by atoms with Gasteiger partial charge in [0, 0.05) is 12.1 Å². The van der Waals surface area contributed by atoms with Gasteiger partial charge in [0.2, 0.25) is 0 Å². The van der Waals surface area contributed by atoms with Crippen molar-refractivity contribution in [3.63, 3.8) is 0 Å². The lowest BCUT2D eigenvalue weighted by Crippen LogP contribution is -1.85. The molecule has 4 nitrogen and oxygen atoms in total. The number of nitrogens with zero attached hydrogens (tertiary/aromatic N) is 2. The number of rotatable bonds is 4. The smallest absolute Gasteiger partial charge is 0.258 e. The van der Waals surface area contributed by atoms with Crippen LogP contribution in [0.1, 0.15) is 23.1 Å². The summed E-state index contributed by atoms with van der Waals surface area (Å²) in [5.41, 5.74) is 3.31. The predicted molar refractivity (Wildman–Crippen MR) is 91.0 cm³/mol. The van der Waals surface area contributed by atoms with E-state index in [1.165, 1.54) is 23.0 Å². The van der Waals surface area contributed by atoms with Crippen molar-refractivity contribution >= 4 is 39.4 Å². The molecule has 0 aliphatic carbocycles. The first-order valence-electron chi connectivity index (χ1n) is 6.97. The van der Waals surface area contributed by atoms with Crippen molar-refractivity contribution in [1.82, 2.24) is 4.98 Å². The van der Waals surface area contributed by atoms with Crippen molar-refractivity contribution in [1.29, 1.82) is 0 Å². The third-order valence-corrected chi connectivity index (χ3v) is 4.39. The number of nitro groups is 1. The number of hydrogen-bond donors (Lipinski definition) is 0. The van der Waals surface area contributed by atoms with Crippen molar-refractivity contribution in [2.75, 3.05) is 0 Å². The molecule has 0 amide bonds. The molecule has 0 aliphatic heterocycles. The molecule has 0 saturated carbocycles. The first kappa shape index (κ1) is 14.4. The van der Waals surface area contributed by atoms with Crippen LogP contribution in [-0.4, -0.2) is 9.91 Å². The van der Waals surface area contributed by atoms with E-state index in [4.69, 9.17) is 0 Å². The topological polar surface area (TPSA) is 56.0 Å². The quantitative estimate of drug-likeness (QED) is 0.506. The van der Waals surface area contributed by atoms with E-state index >= 15 is 0 Å². The molecule has 0 fully saturated rings. The SMILES string of the molecule is CCc1ccc(/C=C/c2nc3ccc([N+](=O)[O-])cc3s2)cc1. The van der Waals surface area contributed by atoms with Crippen molar-refractivity contribution in [2.45, 2.75) is 13.3 Å². The van der Waals surface area contributed by atoms with E-state index in [0.29, 0.717) is 0 Å². The molecule has 0 atom stereocenters. The zero-order valence-electron chi connectivity index (χ0n) is 12.0. The van der Waals surface area contributed by atoms with Gasteiger partial charge in [-0.15, -0.1) is 11.3 Å². The number of aromatic nitrogens is 1. The summed E-state index contributed by atoms with van der Waals surface area (Å²) in [4.78, 5) is 14.9. The van der Waals surface area contributed by atoms with Crippen molar-refractivity contribution < 1.29 is 4.92 Å². The van der Waals surface area contributed by atoms with Crippen LogP contribution in [0.25, 0.3) is 22.4 Å². The number of nitro benzene ring substituents is 1. The van der Waals surface area contributed by atoms with Gasteiger partial charge < -0.3 is 0 Å². The molecule has 5 heteroatoms. The highest BCUT2D eigenvalue weighted by atomic mass is 32.1. The van der Waals surface area contributed by atoms with Gasteiger partial charge in [0.05, 0.1) is 15.1 Å². The molecule has 3 aromatic rings. The normalized spacial score (nSPS) is 11.3. The van der Waals surface area contributed by atoms with E-state index in [1.54, 1.807) is 12.1 Å². The molecule has 0 N–H and O–H groups in total. The fraction of sp³-hybridized carbons (Fsp3) is 0.118. The summed E-state index contributed by atoms with van der Waals surface area (Å²) >= 11 is 1.45. The average Bonchev–Trinajstić information content (AvgIpc) is 2.95. The van der Waals surface area contributed by atoms with Gasteiger partial charge in [-0.1, -0.05) is 37.3 Å². The second kappa shape index (κ2) is 6.07. The number of thiazole rings is 1. The maximum absolute atomic E-state index is 10.8. The summed E-state index contributed by atoms with van der Waals surface area (Å²) in [6.45, 7) is 2.13. The first-order chi connectivity index (χ1) is 10.7. The van der Waals surface area contributed by atoms with Gasteiger partial charge in [-0.05, 0) is 29.7 Å². The first-order valence-corrected chi connectivity index (χ1v) is 7.79. The Morgan fingerprint density at radius 3 is 2.64 bits per heavy atom. The lowest BCUT2D eigenvalue weighted by Gasteiger charge is -1.96. The Morgan fingerprint density at radius 2 is 1.95 bits per heavy atom. The van der Waals surface area contributed by atoms with E-state index in [2.05, 4.69) is 36.2 Å². The Hall–Kier alpha value is -2.53. The molecule has 22 heavy (non-hydrogen) atoms. The molecule has 2 aromatic carbocycles. The minimum atomic E-state index is -0.385. The molecule has 110 valence electrons. The molecule has 3 rings (SSSR count). The fourth-order valence-corrected chi connectivity index (χ4v) is 3.05.